The third kappa shape index (κ3) is 5.90. The number of sulfonamides is 1. The fourth-order valence-electron chi connectivity index (χ4n) is 1.28. The van der Waals surface area contributed by atoms with E-state index in [2.05, 4.69) is 14.8 Å². The van der Waals surface area contributed by atoms with Crippen molar-refractivity contribution in [3.8, 4) is 0 Å². The third-order valence-electron chi connectivity index (χ3n) is 2.06. The topological polar surface area (TPSA) is 80.6 Å². The van der Waals surface area contributed by atoms with Gasteiger partial charge in [0.15, 0.2) is 0 Å². The van der Waals surface area contributed by atoms with Crippen LogP contribution in [0.4, 0.5) is 13.2 Å². The molecule has 1 aromatic rings. The fourth-order valence-corrected chi connectivity index (χ4v) is 2.24. The average molecular weight is 316 g/mol. The summed E-state index contributed by atoms with van der Waals surface area (Å²) in [4.78, 5) is 0. The van der Waals surface area contributed by atoms with Gasteiger partial charge >= 0.3 is 6.18 Å². The molecule has 0 aliphatic carbocycles. The lowest BCUT2D eigenvalue weighted by atomic mass is 10.4. The minimum absolute atomic E-state index is 0.277. The van der Waals surface area contributed by atoms with Crippen molar-refractivity contribution in [3.05, 3.63) is 17.9 Å². The van der Waals surface area contributed by atoms with Crippen LogP contribution in [0.1, 0.15) is 5.76 Å². The molecule has 0 spiro atoms. The molecule has 0 aromatic carbocycles. The molecule has 6 nitrogen and oxygen atoms in total. The highest BCUT2D eigenvalue weighted by atomic mass is 32.2. The van der Waals surface area contributed by atoms with E-state index in [4.69, 9.17) is 4.42 Å². The van der Waals surface area contributed by atoms with Crippen molar-refractivity contribution in [2.75, 3.05) is 26.8 Å². The van der Waals surface area contributed by atoms with Crippen molar-refractivity contribution >= 4 is 10.0 Å². The van der Waals surface area contributed by atoms with Gasteiger partial charge in [-0.2, -0.15) is 13.2 Å². The second-order valence-corrected chi connectivity index (χ2v) is 5.51. The number of furan rings is 1. The summed E-state index contributed by atoms with van der Waals surface area (Å²) >= 11 is 0. The van der Waals surface area contributed by atoms with Crippen LogP contribution in [0, 0.1) is 0 Å². The average Bonchev–Trinajstić information content (AvgIpc) is 2.77. The van der Waals surface area contributed by atoms with E-state index in [-0.39, 0.29) is 18.2 Å². The van der Waals surface area contributed by atoms with Crippen molar-refractivity contribution in [3.63, 3.8) is 0 Å². The Balaban J connectivity index is 2.41. The highest BCUT2D eigenvalue weighted by Gasteiger charge is 2.27. The normalized spacial score (nSPS) is 12.8. The van der Waals surface area contributed by atoms with E-state index in [9.17, 15) is 21.6 Å². The van der Waals surface area contributed by atoms with Crippen molar-refractivity contribution in [2.24, 2.45) is 0 Å². The summed E-state index contributed by atoms with van der Waals surface area (Å²) in [6, 6.07) is 2.76. The van der Waals surface area contributed by atoms with E-state index in [0.717, 1.165) is 0 Å². The first-order chi connectivity index (χ1) is 9.24. The molecule has 0 amide bonds. The van der Waals surface area contributed by atoms with E-state index >= 15 is 0 Å². The lowest BCUT2D eigenvalue weighted by Gasteiger charge is -2.08. The first-order valence-electron chi connectivity index (χ1n) is 5.62. The fraction of sp³-hybridized carbons (Fsp3) is 0.600. The largest absolute Gasteiger partial charge is 0.447 e. The Morgan fingerprint density at radius 1 is 1.35 bits per heavy atom. The molecule has 10 heteroatoms. The predicted octanol–water partition coefficient (Wildman–Crippen LogP) is 0.856. The van der Waals surface area contributed by atoms with Gasteiger partial charge in [-0.15, -0.1) is 0 Å². The molecule has 0 unspecified atom stereocenters. The summed E-state index contributed by atoms with van der Waals surface area (Å²) in [5.41, 5.74) is 0. The molecule has 0 aliphatic rings. The van der Waals surface area contributed by atoms with Crippen LogP contribution in [0.2, 0.25) is 0 Å². The Kier molecular flexibility index (Phi) is 5.99. The summed E-state index contributed by atoms with van der Waals surface area (Å²) in [6.07, 6.45) is -4.43. The number of hydrogen-bond acceptors (Lipinski definition) is 5. The van der Waals surface area contributed by atoms with Crippen LogP contribution >= 0.6 is 0 Å². The lowest BCUT2D eigenvalue weighted by Crippen LogP contribution is -2.28. The SMILES string of the molecule is CNCc1ccc(S(=O)(=O)NCCOCC(F)(F)F)o1. The predicted molar refractivity (Wildman–Crippen MR) is 63.5 cm³/mol. The Morgan fingerprint density at radius 3 is 2.65 bits per heavy atom. The number of halogens is 3. The Hall–Kier alpha value is -1.10. The number of rotatable bonds is 8. The first-order valence-corrected chi connectivity index (χ1v) is 7.10. The molecule has 0 aliphatic heterocycles. The van der Waals surface area contributed by atoms with Gasteiger partial charge in [-0.05, 0) is 19.2 Å². The van der Waals surface area contributed by atoms with Crippen molar-refractivity contribution < 1.29 is 30.7 Å². The Morgan fingerprint density at radius 2 is 2.05 bits per heavy atom. The smallest absolute Gasteiger partial charge is 0.411 e. The minimum Gasteiger partial charge on any atom is -0.447 e. The van der Waals surface area contributed by atoms with Crippen LogP contribution in [0.5, 0.6) is 0 Å². The Labute approximate surface area is 114 Å². The lowest BCUT2D eigenvalue weighted by molar-refractivity contribution is -0.173. The van der Waals surface area contributed by atoms with Gasteiger partial charge in [-0.25, -0.2) is 13.1 Å². The number of ether oxygens (including phenoxy) is 1. The van der Waals surface area contributed by atoms with Gasteiger partial charge in [0, 0.05) is 6.54 Å². The minimum atomic E-state index is -4.43. The van der Waals surface area contributed by atoms with Crippen molar-refractivity contribution in [1.29, 1.82) is 0 Å². The molecule has 0 saturated heterocycles. The summed E-state index contributed by atoms with van der Waals surface area (Å²) in [7, 11) is -2.21. The molecule has 0 saturated carbocycles. The maximum absolute atomic E-state index is 11.8. The van der Waals surface area contributed by atoms with Gasteiger partial charge in [0.05, 0.1) is 13.2 Å². The molecule has 0 atom stereocenters. The number of hydrogen-bond donors (Lipinski definition) is 2. The summed E-state index contributed by atoms with van der Waals surface area (Å²) < 4.78 is 70.2. The van der Waals surface area contributed by atoms with Gasteiger partial charge < -0.3 is 14.5 Å². The number of nitrogens with one attached hydrogen (secondary N) is 2. The molecule has 1 heterocycles. The molecule has 0 bridgehead atoms. The molecule has 1 rings (SSSR count). The highest BCUT2D eigenvalue weighted by Crippen LogP contribution is 2.15. The third-order valence-corrected chi connectivity index (χ3v) is 3.39. The maximum Gasteiger partial charge on any atom is 0.411 e. The second-order valence-electron chi connectivity index (χ2n) is 3.82. The maximum atomic E-state index is 11.8. The second kappa shape index (κ2) is 7.07. The van der Waals surface area contributed by atoms with Crippen LogP contribution in [0.25, 0.3) is 0 Å². The molecule has 116 valence electrons. The van der Waals surface area contributed by atoms with Gasteiger partial charge in [-0.3, -0.25) is 0 Å². The van der Waals surface area contributed by atoms with Crippen LogP contribution in [0.3, 0.4) is 0 Å². The van der Waals surface area contributed by atoms with E-state index in [1.165, 1.54) is 12.1 Å². The summed E-state index contributed by atoms with van der Waals surface area (Å²) in [5, 5.41) is 2.49. The van der Waals surface area contributed by atoms with Crippen LogP contribution in [0.15, 0.2) is 21.6 Å². The zero-order chi connectivity index (χ0) is 15.2. The van der Waals surface area contributed by atoms with Gasteiger partial charge in [-0.1, -0.05) is 0 Å². The molecule has 2 N–H and O–H groups in total. The van der Waals surface area contributed by atoms with E-state index < -0.39 is 22.8 Å². The zero-order valence-electron chi connectivity index (χ0n) is 10.7. The van der Waals surface area contributed by atoms with Crippen LogP contribution in [-0.2, 0) is 21.3 Å². The Bertz CT molecular complexity index is 513. The summed E-state index contributed by atoms with van der Waals surface area (Å²) in [5.74, 6) is 0.432. The number of alkyl halides is 3. The molecule has 20 heavy (non-hydrogen) atoms. The standard InChI is InChI=1S/C10H15F3N2O4S/c1-14-6-8-2-3-9(19-8)20(16,17)15-4-5-18-7-10(11,12)13/h2-3,14-15H,4-7H2,1H3. The van der Waals surface area contributed by atoms with Crippen molar-refractivity contribution in [1.82, 2.24) is 10.0 Å². The van der Waals surface area contributed by atoms with Crippen LogP contribution < -0.4 is 10.0 Å². The van der Waals surface area contributed by atoms with Gasteiger partial charge in [0.2, 0.25) is 5.09 Å². The van der Waals surface area contributed by atoms with Crippen LogP contribution in [-0.4, -0.2) is 41.4 Å². The molecule has 0 fully saturated rings. The van der Waals surface area contributed by atoms with E-state index in [1.54, 1.807) is 7.05 Å². The highest BCUT2D eigenvalue weighted by molar-refractivity contribution is 7.89. The van der Waals surface area contributed by atoms with Crippen molar-refractivity contribution in [2.45, 2.75) is 17.8 Å². The molecular weight excluding hydrogens is 301 g/mol. The van der Waals surface area contributed by atoms with Gasteiger partial charge in [0.1, 0.15) is 12.4 Å². The zero-order valence-corrected chi connectivity index (χ0v) is 11.5. The molecular formula is C10H15F3N2O4S. The monoisotopic (exact) mass is 316 g/mol. The van der Waals surface area contributed by atoms with E-state index in [1.807, 2.05) is 0 Å². The molecule has 1 aromatic heterocycles. The van der Waals surface area contributed by atoms with E-state index in [0.29, 0.717) is 12.3 Å². The molecule has 0 radical (unpaired) electrons. The van der Waals surface area contributed by atoms with Gasteiger partial charge in [0.25, 0.3) is 10.0 Å². The summed E-state index contributed by atoms with van der Waals surface area (Å²) in [6.45, 7) is -1.71. The first kappa shape index (κ1) is 17.0. The quantitative estimate of drug-likeness (QED) is 0.695.